The van der Waals surface area contributed by atoms with Crippen molar-refractivity contribution in [1.29, 1.82) is 0 Å². The third kappa shape index (κ3) is 6.10. The van der Waals surface area contributed by atoms with Crippen molar-refractivity contribution >= 4 is 21.4 Å². The minimum atomic E-state index is -4.89. The number of nitrogens with one attached hydrogen (secondary N) is 1. The van der Waals surface area contributed by atoms with Crippen molar-refractivity contribution in [2.45, 2.75) is 31.1 Å². The van der Waals surface area contributed by atoms with Gasteiger partial charge in [-0.2, -0.15) is 13.2 Å². The van der Waals surface area contributed by atoms with Gasteiger partial charge in [0, 0.05) is 17.7 Å². The zero-order valence-corrected chi connectivity index (χ0v) is 19.2. The molecule has 1 N–H and O–H groups in total. The van der Waals surface area contributed by atoms with E-state index in [9.17, 15) is 26.4 Å². The van der Waals surface area contributed by atoms with Gasteiger partial charge < -0.3 is 10.1 Å². The number of para-hydroxylation sites is 1. The standard InChI is InChI=1S/C23H22F3N3O4S/c1-3-15-6-4-5-7-18(15)27-21(30)12-13-34(31,32)22-28-19(14-20(29-22)23(24,25)26)16-8-10-17(33-2)11-9-16/h4-11,14H,3,12-13H2,1-2H3,(H,27,30). The topological polar surface area (TPSA) is 98.2 Å². The minimum absolute atomic E-state index is 0.218. The van der Waals surface area contributed by atoms with Gasteiger partial charge in [0.15, 0.2) is 0 Å². The van der Waals surface area contributed by atoms with Gasteiger partial charge in [0.25, 0.3) is 0 Å². The van der Waals surface area contributed by atoms with Crippen molar-refractivity contribution < 1.29 is 31.1 Å². The van der Waals surface area contributed by atoms with Crippen molar-refractivity contribution in [1.82, 2.24) is 9.97 Å². The molecule has 0 radical (unpaired) electrons. The molecule has 3 rings (SSSR count). The van der Waals surface area contributed by atoms with Crippen molar-refractivity contribution in [2.75, 3.05) is 18.2 Å². The number of methoxy groups -OCH3 is 1. The summed E-state index contributed by atoms with van der Waals surface area (Å²) in [6, 6.07) is 13.6. The molecule has 0 fully saturated rings. The fourth-order valence-electron chi connectivity index (χ4n) is 3.10. The van der Waals surface area contributed by atoms with Crippen molar-refractivity contribution in [3.63, 3.8) is 0 Å². The van der Waals surface area contributed by atoms with Crippen LogP contribution in [0.5, 0.6) is 5.75 Å². The SMILES string of the molecule is CCc1ccccc1NC(=O)CCS(=O)(=O)c1nc(-c2ccc(OC)cc2)cc(C(F)(F)F)n1. The van der Waals surface area contributed by atoms with Crippen LogP contribution in [0.4, 0.5) is 18.9 Å². The average molecular weight is 494 g/mol. The van der Waals surface area contributed by atoms with Crippen LogP contribution in [-0.2, 0) is 27.2 Å². The van der Waals surface area contributed by atoms with Crippen LogP contribution in [0.15, 0.2) is 59.8 Å². The molecule has 11 heteroatoms. The Morgan fingerprint density at radius 2 is 1.74 bits per heavy atom. The summed E-state index contributed by atoms with van der Waals surface area (Å²) < 4.78 is 70.9. The number of hydrogen-bond acceptors (Lipinski definition) is 6. The van der Waals surface area contributed by atoms with Gasteiger partial charge in [0.05, 0.1) is 18.6 Å². The highest BCUT2D eigenvalue weighted by molar-refractivity contribution is 7.91. The van der Waals surface area contributed by atoms with E-state index in [1.165, 1.54) is 31.4 Å². The quantitative estimate of drug-likeness (QED) is 0.463. The maximum Gasteiger partial charge on any atom is 0.433 e. The largest absolute Gasteiger partial charge is 0.497 e. The molecular weight excluding hydrogens is 471 g/mol. The molecule has 180 valence electrons. The van der Waals surface area contributed by atoms with Crippen LogP contribution in [0.1, 0.15) is 24.6 Å². The first-order valence-corrected chi connectivity index (χ1v) is 11.9. The maximum absolute atomic E-state index is 13.4. The molecule has 0 atom stereocenters. The van der Waals surface area contributed by atoms with E-state index in [4.69, 9.17) is 4.74 Å². The number of amides is 1. The molecule has 3 aromatic rings. The smallest absolute Gasteiger partial charge is 0.433 e. The molecule has 0 saturated heterocycles. The van der Waals surface area contributed by atoms with Gasteiger partial charge in [0.1, 0.15) is 11.4 Å². The Morgan fingerprint density at radius 1 is 1.06 bits per heavy atom. The number of sulfone groups is 1. The van der Waals surface area contributed by atoms with Crippen LogP contribution in [0.3, 0.4) is 0 Å². The lowest BCUT2D eigenvalue weighted by atomic mass is 10.1. The normalized spacial score (nSPS) is 11.8. The highest BCUT2D eigenvalue weighted by Crippen LogP contribution is 2.31. The Morgan fingerprint density at radius 3 is 2.35 bits per heavy atom. The Bertz CT molecular complexity index is 1280. The number of benzene rings is 2. The number of nitrogens with zero attached hydrogens (tertiary/aromatic N) is 2. The molecule has 34 heavy (non-hydrogen) atoms. The molecule has 0 aliphatic carbocycles. The predicted molar refractivity (Wildman–Crippen MR) is 120 cm³/mol. The first-order valence-electron chi connectivity index (χ1n) is 10.2. The van der Waals surface area contributed by atoms with Gasteiger partial charge in [-0.1, -0.05) is 25.1 Å². The molecule has 1 amide bonds. The van der Waals surface area contributed by atoms with Crippen LogP contribution in [-0.4, -0.2) is 37.2 Å². The van der Waals surface area contributed by atoms with E-state index in [2.05, 4.69) is 15.3 Å². The molecule has 7 nitrogen and oxygen atoms in total. The average Bonchev–Trinajstić information content (AvgIpc) is 2.82. The highest BCUT2D eigenvalue weighted by atomic mass is 32.2. The molecular formula is C23H22F3N3O4S. The van der Waals surface area contributed by atoms with E-state index >= 15 is 0 Å². The number of alkyl halides is 3. The monoisotopic (exact) mass is 493 g/mol. The second-order valence-electron chi connectivity index (χ2n) is 7.28. The van der Waals surface area contributed by atoms with Crippen LogP contribution in [0, 0.1) is 0 Å². The Labute approximate surface area is 194 Å². The second kappa shape index (κ2) is 10.2. The van der Waals surface area contributed by atoms with Crippen LogP contribution >= 0.6 is 0 Å². The highest BCUT2D eigenvalue weighted by Gasteiger charge is 2.35. The fraction of sp³-hybridized carbons (Fsp3) is 0.261. The lowest BCUT2D eigenvalue weighted by Gasteiger charge is -2.12. The number of aryl methyl sites for hydroxylation is 1. The molecule has 0 bridgehead atoms. The molecule has 0 unspecified atom stereocenters. The number of halogens is 3. The number of ether oxygens (including phenoxy) is 1. The number of aromatic nitrogens is 2. The van der Waals surface area contributed by atoms with Gasteiger partial charge in [-0.25, -0.2) is 18.4 Å². The number of carbonyl (C=O) groups is 1. The van der Waals surface area contributed by atoms with Crippen molar-refractivity contribution in [2.24, 2.45) is 0 Å². The van der Waals surface area contributed by atoms with Crippen LogP contribution < -0.4 is 10.1 Å². The van der Waals surface area contributed by atoms with Gasteiger partial charge in [-0.3, -0.25) is 4.79 Å². The summed E-state index contributed by atoms with van der Waals surface area (Å²) in [6.07, 6.45) is -4.71. The predicted octanol–water partition coefficient (Wildman–Crippen LogP) is 4.54. The van der Waals surface area contributed by atoms with Gasteiger partial charge in [-0.15, -0.1) is 0 Å². The number of hydrogen-bond donors (Lipinski definition) is 1. The Kier molecular flexibility index (Phi) is 7.55. The summed E-state index contributed by atoms with van der Waals surface area (Å²) in [7, 11) is -2.96. The third-order valence-electron chi connectivity index (χ3n) is 4.93. The lowest BCUT2D eigenvalue weighted by Crippen LogP contribution is -2.21. The molecule has 0 aliphatic heterocycles. The van der Waals surface area contributed by atoms with Crippen LogP contribution in [0.2, 0.25) is 0 Å². The molecule has 0 saturated carbocycles. The second-order valence-corrected chi connectivity index (χ2v) is 9.28. The van der Waals surface area contributed by atoms with E-state index in [-0.39, 0.29) is 11.3 Å². The first-order chi connectivity index (χ1) is 16.0. The fourth-order valence-corrected chi connectivity index (χ4v) is 4.21. The zero-order valence-electron chi connectivity index (χ0n) is 18.4. The zero-order chi connectivity index (χ0) is 24.9. The Balaban J connectivity index is 1.86. The lowest BCUT2D eigenvalue weighted by molar-refractivity contribution is -0.141. The van der Waals surface area contributed by atoms with Crippen molar-refractivity contribution in [3.8, 4) is 17.0 Å². The number of carbonyl (C=O) groups excluding carboxylic acids is 1. The minimum Gasteiger partial charge on any atom is -0.497 e. The van der Waals surface area contributed by atoms with E-state index in [0.717, 1.165) is 5.56 Å². The Hall–Kier alpha value is -3.47. The third-order valence-corrected chi connectivity index (χ3v) is 6.41. The summed E-state index contributed by atoms with van der Waals surface area (Å²) in [4.78, 5) is 19.4. The van der Waals surface area contributed by atoms with Gasteiger partial charge in [0.2, 0.25) is 20.9 Å². The van der Waals surface area contributed by atoms with Gasteiger partial charge >= 0.3 is 6.18 Å². The van der Waals surface area contributed by atoms with E-state index in [1.54, 1.807) is 12.1 Å². The van der Waals surface area contributed by atoms with E-state index in [1.807, 2.05) is 19.1 Å². The molecule has 2 aromatic carbocycles. The summed E-state index contributed by atoms with van der Waals surface area (Å²) in [5, 5.41) is 1.64. The molecule has 1 aromatic heterocycles. The molecule has 0 aliphatic rings. The summed E-state index contributed by atoms with van der Waals surface area (Å²) in [5.41, 5.74) is 0.0470. The summed E-state index contributed by atoms with van der Waals surface area (Å²) >= 11 is 0. The molecule has 0 spiro atoms. The van der Waals surface area contributed by atoms with E-state index < -0.39 is 44.9 Å². The van der Waals surface area contributed by atoms with Crippen molar-refractivity contribution in [3.05, 3.63) is 65.9 Å². The first kappa shape index (κ1) is 25.2. The summed E-state index contributed by atoms with van der Waals surface area (Å²) in [6.45, 7) is 1.90. The number of anilines is 1. The number of rotatable bonds is 8. The summed E-state index contributed by atoms with van der Waals surface area (Å²) in [5.74, 6) is -0.875. The molecule has 1 heterocycles. The maximum atomic E-state index is 13.4. The van der Waals surface area contributed by atoms with Crippen LogP contribution in [0.25, 0.3) is 11.3 Å². The van der Waals surface area contributed by atoms with E-state index in [0.29, 0.717) is 23.9 Å². The van der Waals surface area contributed by atoms with Gasteiger partial charge in [-0.05, 0) is 48.4 Å².